The number of aryl methyl sites for hydroxylation is 1. The summed E-state index contributed by atoms with van der Waals surface area (Å²) in [7, 11) is 0. The van der Waals surface area contributed by atoms with Gasteiger partial charge in [-0.25, -0.2) is 4.68 Å². The molecule has 0 bridgehead atoms. The Kier molecular flexibility index (Phi) is 6.26. The zero-order chi connectivity index (χ0) is 22.9. The Morgan fingerprint density at radius 3 is 2.66 bits per heavy atom. The second kappa shape index (κ2) is 8.96. The minimum absolute atomic E-state index is 0.0660. The predicted molar refractivity (Wildman–Crippen MR) is 129 cm³/mol. The number of thiophene rings is 1. The summed E-state index contributed by atoms with van der Waals surface area (Å²) in [6, 6.07) is 10.4. The Morgan fingerprint density at radius 1 is 1.25 bits per heavy atom. The number of amides is 1. The van der Waals surface area contributed by atoms with Gasteiger partial charge >= 0.3 is 0 Å². The molecule has 7 nitrogen and oxygen atoms in total. The molecule has 0 atom stereocenters. The fourth-order valence-electron chi connectivity index (χ4n) is 3.76. The fraction of sp³-hybridized carbons (Fsp3) is 0.391. The molecule has 1 aliphatic rings. The van der Waals surface area contributed by atoms with Crippen molar-refractivity contribution in [1.29, 1.82) is 5.26 Å². The Labute approximate surface area is 196 Å². The number of nitrogen functional groups attached to an aromatic ring is 1. The van der Waals surface area contributed by atoms with Crippen molar-refractivity contribution in [2.24, 2.45) is 0 Å². The highest BCUT2D eigenvalue weighted by atomic mass is 32.2. The van der Waals surface area contributed by atoms with Crippen LogP contribution in [-0.4, -0.2) is 26.5 Å². The van der Waals surface area contributed by atoms with Gasteiger partial charge in [0.25, 0.3) is 0 Å². The number of carbonyl (C=O) groups excluding carboxylic acids is 1. The van der Waals surface area contributed by atoms with Crippen LogP contribution in [0.2, 0.25) is 0 Å². The lowest BCUT2D eigenvalue weighted by Crippen LogP contribution is -2.16. The number of hydrogen-bond donors (Lipinski definition) is 2. The number of carbonyl (C=O) groups is 1. The van der Waals surface area contributed by atoms with Crippen LogP contribution in [0.15, 0.2) is 29.4 Å². The maximum atomic E-state index is 12.6. The van der Waals surface area contributed by atoms with Gasteiger partial charge in [-0.2, -0.15) is 5.26 Å². The van der Waals surface area contributed by atoms with E-state index >= 15 is 0 Å². The average Bonchev–Trinajstić information content (AvgIpc) is 3.31. The normalized spacial score (nSPS) is 13.4. The maximum Gasteiger partial charge on any atom is 0.235 e. The molecule has 3 N–H and O–H groups in total. The molecule has 0 radical (unpaired) electrons. The topological polar surface area (TPSA) is 110 Å². The number of benzene rings is 1. The standard InChI is InChI=1S/C23H26N6OS2/c1-23(2,3)15-10-8-14(9-11-15)20-27-28-22(29(20)25)31-13-19(30)26-21-17(12-24)16-6-4-5-7-18(16)32-21/h8-11H,4-7,13,25H2,1-3H3,(H,26,30). The maximum absolute atomic E-state index is 12.6. The van der Waals surface area contributed by atoms with Gasteiger partial charge in [0.2, 0.25) is 11.1 Å². The molecule has 0 aliphatic heterocycles. The van der Waals surface area contributed by atoms with E-state index in [9.17, 15) is 10.1 Å². The molecule has 2 heterocycles. The fourth-order valence-corrected chi connectivity index (χ4v) is 5.67. The number of aromatic nitrogens is 3. The minimum Gasteiger partial charge on any atom is -0.335 e. The molecule has 32 heavy (non-hydrogen) atoms. The third-order valence-electron chi connectivity index (χ3n) is 5.54. The van der Waals surface area contributed by atoms with E-state index in [0.717, 1.165) is 36.8 Å². The van der Waals surface area contributed by atoms with Crippen molar-refractivity contribution in [2.75, 3.05) is 16.9 Å². The van der Waals surface area contributed by atoms with Crippen LogP contribution in [0.25, 0.3) is 11.4 Å². The number of hydrogen-bond acceptors (Lipinski definition) is 7. The zero-order valence-corrected chi connectivity index (χ0v) is 20.1. The van der Waals surface area contributed by atoms with Gasteiger partial charge in [-0.3, -0.25) is 4.79 Å². The number of nitrogens with one attached hydrogen (secondary N) is 1. The Balaban J connectivity index is 1.42. The van der Waals surface area contributed by atoms with Gasteiger partial charge in [-0.05, 0) is 42.2 Å². The Bertz CT molecular complexity index is 1180. The quantitative estimate of drug-likeness (QED) is 0.423. The van der Waals surface area contributed by atoms with Crippen molar-refractivity contribution in [1.82, 2.24) is 14.9 Å². The summed E-state index contributed by atoms with van der Waals surface area (Å²) < 4.78 is 1.41. The van der Waals surface area contributed by atoms with Crippen LogP contribution in [0.3, 0.4) is 0 Å². The van der Waals surface area contributed by atoms with E-state index in [1.807, 2.05) is 12.1 Å². The molecule has 0 spiro atoms. The largest absolute Gasteiger partial charge is 0.335 e. The Hall–Kier alpha value is -2.83. The smallest absolute Gasteiger partial charge is 0.235 e. The van der Waals surface area contributed by atoms with Gasteiger partial charge in [-0.1, -0.05) is 56.8 Å². The molecule has 2 aromatic heterocycles. The first-order valence-electron chi connectivity index (χ1n) is 10.6. The molecule has 1 aliphatic carbocycles. The third-order valence-corrected chi connectivity index (χ3v) is 7.69. The first-order valence-corrected chi connectivity index (χ1v) is 12.4. The summed E-state index contributed by atoms with van der Waals surface area (Å²) in [6.07, 6.45) is 4.12. The average molecular weight is 467 g/mol. The summed E-state index contributed by atoms with van der Waals surface area (Å²) in [5.74, 6) is 6.70. The van der Waals surface area contributed by atoms with Crippen LogP contribution in [-0.2, 0) is 23.1 Å². The molecule has 4 rings (SSSR count). The summed E-state index contributed by atoms with van der Waals surface area (Å²) >= 11 is 2.74. The van der Waals surface area contributed by atoms with Crippen molar-refractivity contribution >= 4 is 34.0 Å². The van der Waals surface area contributed by atoms with Crippen LogP contribution in [0.4, 0.5) is 5.00 Å². The molecular weight excluding hydrogens is 440 g/mol. The molecular formula is C23H26N6OS2. The van der Waals surface area contributed by atoms with E-state index < -0.39 is 0 Å². The van der Waals surface area contributed by atoms with Gasteiger partial charge in [0.1, 0.15) is 11.1 Å². The summed E-state index contributed by atoms with van der Waals surface area (Å²) in [4.78, 5) is 13.8. The number of anilines is 1. The molecule has 0 unspecified atom stereocenters. The molecule has 3 aromatic rings. The lowest BCUT2D eigenvalue weighted by Gasteiger charge is -2.19. The van der Waals surface area contributed by atoms with Crippen molar-refractivity contribution in [2.45, 2.75) is 57.0 Å². The Morgan fingerprint density at radius 2 is 1.97 bits per heavy atom. The summed E-state index contributed by atoms with van der Waals surface area (Å²) in [5, 5.41) is 21.9. The van der Waals surface area contributed by atoms with E-state index in [0.29, 0.717) is 21.5 Å². The van der Waals surface area contributed by atoms with E-state index in [2.05, 4.69) is 54.5 Å². The highest BCUT2D eigenvalue weighted by molar-refractivity contribution is 7.99. The SMILES string of the molecule is CC(C)(C)c1ccc(-c2nnc(SCC(=O)Nc3sc4c(c3C#N)CCCC4)n2N)cc1. The summed E-state index contributed by atoms with van der Waals surface area (Å²) in [5.41, 5.74) is 3.88. The van der Waals surface area contributed by atoms with Gasteiger partial charge in [0, 0.05) is 10.4 Å². The van der Waals surface area contributed by atoms with Gasteiger partial charge < -0.3 is 11.2 Å². The van der Waals surface area contributed by atoms with Crippen molar-refractivity contribution < 1.29 is 4.79 Å². The number of nitrogens with zero attached hydrogens (tertiary/aromatic N) is 4. The van der Waals surface area contributed by atoms with E-state index in [4.69, 9.17) is 5.84 Å². The molecule has 1 aromatic carbocycles. The highest BCUT2D eigenvalue weighted by Crippen LogP contribution is 2.37. The molecule has 9 heteroatoms. The highest BCUT2D eigenvalue weighted by Gasteiger charge is 2.22. The van der Waals surface area contributed by atoms with Crippen molar-refractivity contribution in [3.63, 3.8) is 0 Å². The van der Waals surface area contributed by atoms with Crippen LogP contribution >= 0.6 is 23.1 Å². The minimum atomic E-state index is -0.191. The molecule has 0 fully saturated rings. The second-order valence-corrected chi connectivity index (χ2v) is 10.9. The van der Waals surface area contributed by atoms with E-state index in [1.165, 1.54) is 38.2 Å². The second-order valence-electron chi connectivity index (χ2n) is 8.87. The third kappa shape index (κ3) is 4.52. The summed E-state index contributed by atoms with van der Waals surface area (Å²) in [6.45, 7) is 6.49. The van der Waals surface area contributed by atoms with E-state index in [1.54, 1.807) is 0 Å². The number of fused-ring (bicyclic) bond motifs is 1. The van der Waals surface area contributed by atoms with Crippen LogP contribution in [0.1, 0.15) is 55.2 Å². The van der Waals surface area contributed by atoms with Gasteiger partial charge in [0.15, 0.2) is 5.82 Å². The van der Waals surface area contributed by atoms with Crippen LogP contribution < -0.4 is 11.2 Å². The zero-order valence-electron chi connectivity index (χ0n) is 18.4. The number of nitrogens with two attached hydrogens (primary N) is 1. The number of thioether (sulfide) groups is 1. The van der Waals surface area contributed by atoms with Gasteiger partial charge in [-0.15, -0.1) is 21.5 Å². The molecule has 0 saturated heterocycles. The van der Waals surface area contributed by atoms with Crippen molar-refractivity contribution in [3.8, 4) is 17.5 Å². The predicted octanol–water partition coefficient (Wildman–Crippen LogP) is 4.50. The van der Waals surface area contributed by atoms with Crippen LogP contribution in [0.5, 0.6) is 0 Å². The molecule has 166 valence electrons. The number of rotatable bonds is 5. The van der Waals surface area contributed by atoms with Gasteiger partial charge in [0.05, 0.1) is 11.3 Å². The lowest BCUT2D eigenvalue weighted by molar-refractivity contribution is -0.113. The molecule has 1 amide bonds. The van der Waals surface area contributed by atoms with Crippen LogP contribution in [0, 0.1) is 11.3 Å². The van der Waals surface area contributed by atoms with E-state index in [-0.39, 0.29) is 17.1 Å². The monoisotopic (exact) mass is 466 g/mol. The number of nitriles is 1. The first kappa shape index (κ1) is 22.4. The molecule has 0 saturated carbocycles. The lowest BCUT2D eigenvalue weighted by atomic mass is 9.87. The van der Waals surface area contributed by atoms with Crippen molar-refractivity contribution in [3.05, 3.63) is 45.8 Å². The first-order chi connectivity index (χ1) is 15.3.